The van der Waals surface area contributed by atoms with E-state index in [-0.39, 0.29) is 11.9 Å². The fourth-order valence-corrected chi connectivity index (χ4v) is 4.32. The van der Waals surface area contributed by atoms with E-state index in [1.165, 1.54) is 4.90 Å². The number of hydrogen-bond donors (Lipinski definition) is 0. The SMILES string of the molecule is CCCN1C(=O)C2C(N=C3N(c4cc(Cl)ccc4C)C(C)=C(C)N32)N(C)C1=O. The molecule has 28 heavy (non-hydrogen) atoms. The Hall–Kier alpha value is -2.54. The van der Waals surface area contributed by atoms with Crippen LogP contribution in [0.15, 0.2) is 34.6 Å². The largest absolute Gasteiger partial charge is 0.328 e. The molecule has 8 heteroatoms. The van der Waals surface area contributed by atoms with E-state index in [0.29, 0.717) is 17.5 Å². The zero-order valence-electron chi connectivity index (χ0n) is 16.7. The second-order valence-corrected chi connectivity index (χ2v) is 7.91. The van der Waals surface area contributed by atoms with Crippen molar-refractivity contribution in [1.29, 1.82) is 0 Å². The lowest BCUT2D eigenvalue weighted by atomic mass is 10.1. The van der Waals surface area contributed by atoms with E-state index in [0.717, 1.165) is 29.1 Å². The Labute approximate surface area is 169 Å². The van der Waals surface area contributed by atoms with Gasteiger partial charge in [0.15, 0.2) is 12.2 Å². The molecule has 0 N–H and O–H groups in total. The summed E-state index contributed by atoms with van der Waals surface area (Å²) in [6.45, 7) is 8.38. The zero-order chi connectivity index (χ0) is 20.3. The van der Waals surface area contributed by atoms with Crippen LogP contribution in [0, 0.1) is 6.92 Å². The average Bonchev–Trinajstić information content (AvgIpc) is 3.15. The number of amides is 3. The lowest BCUT2D eigenvalue weighted by Crippen LogP contribution is -2.64. The van der Waals surface area contributed by atoms with E-state index in [4.69, 9.17) is 16.6 Å². The zero-order valence-corrected chi connectivity index (χ0v) is 17.5. The van der Waals surface area contributed by atoms with Crippen LogP contribution in [0.3, 0.4) is 0 Å². The minimum absolute atomic E-state index is 0.189. The molecule has 0 radical (unpaired) electrons. The Morgan fingerprint density at radius 3 is 2.54 bits per heavy atom. The van der Waals surface area contributed by atoms with Crippen LogP contribution in [-0.4, -0.2) is 58.4 Å². The molecule has 4 rings (SSSR count). The minimum atomic E-state index is -0.538. The molecule has 0 aliphatic carbocycles. The van der Waals surface area contributed by atoms with Crippen molar-refractivity contribution in [2.45, 2.75) is 46.3 Å². The highest BCUT2D eigenvalue weighted by Crippen LogP contribution is 2.41. The molecule has 1 aromatic carbocycles. The molecule has 7 nitrogen and oxygen atoms in total. The maximum Gasteiger partial charge on any atom is 0.328 e. The standard InChI is InChI=1S/C20H24ClN5O2/c1-6-9-24-18(27)16-17(23(5)20(24)28)22-19-25(12(3)13(4)26(16)19)15-10-14(21)8-7-11(15)2/h7-8,10,16-17H,6,9H2,1-5H3. The molecule has 3 amide bonds. The number of allylic oxidation sites excluding steroid dienone is 2. The molecule has 148 valence electrons. The predicted molar refractivity (Wildman–Crippen MR) is 109 cm³/mol. The summed E-state index contributed by atoms with van der Waals surface area (Å²) < 4.78 is 0. The van der Waals surface area contributed by atoms with E-state index in [2.05, 4.69) is 0 Å². The highest BCUT2D eigenvalue weighted by molar-refractivity contribution is 6.31. The van der Waals surface area contributed by atoms with Crippen LogP contribution in [0.2, 0.25) is 5.02 Å². The van der Waals surface area contributed by atoms with Gasteiger partial charge in [0.05, 0.1) is 5.69 Å². The van der Waals surface area contributed by atoms with Crippen LogP contribution in [0.1, 0.15) is 32.8 Å². The molecule has 2 atom stereocenters. The van der Waals surface area contributed by atoms with Crippen molar-refractivity contribution < 1.29 is 9.59 Å². The van der Waals surface area contributed by atoms with Gasteiger partial charge < -0.3 is 4.90 Å². The van der Waals surface area contributed by atoms with Crippen molar-refractivity contribution in [3.63, 3.8) is 0 Å². The number of halogens is 1. The molecule has 0 spiro atoms. The van der Waals surface area contributed by atoms with Gasteiger partial charge in [-0.25, -0.2) is 9.79 Å². The summed E-state index contributed by atoms with van der Waals surface area (Å²) in [5.74, 6) is 0.479. The second kappa shape index (κ2) is 6.51. The van der Waals surface area contributed by atoms with E-state index in [1.54, 1.807) is 11.9 Å². The monoisotopic (exact) mass is 401 g/mol. The molecule has 3 aliphatic heterocycles. The first-order chi connectivity index (χ1) is 13.3. The quantitative estimate of drug-likeness (QED) is 0.778. The van der Waals surface area contributed by atoms with Crippen LogP contribution >= 0.6 is 11.6 Å². The maximum atomic E-state index is 13.2. The molecule has 3 aliphatic rings. The molecule has 2 unspecified atom stereocenters. The number of urea groups is 1. The normalized spacial score (nSPS) is 24.3. The van der Waals surface area contributed by atoms with Gasteiger partial charge in [-0.1, -0.05) is 24.6 Å². The fraction of sp³-hybridized carbons (Fsp3) is 0.450. The van der Waals surface area contributed by atoms with E-state index >= 15 is 0 Å². The third kappa shape index (κ3) is 2.45. The smallest absolute Gasteiger partial charge is 0.302 e. The number of benzene rings is 1. The molecule has 0 bridgehead atoms. The van der Waals surface area contributed by atoms with Crippen molar-refractivity contribution in [2.75, 3.05) is 18.5 Å². The summed E-state index contributed by atoms with van der Waals surface area (Å²) in [5, 5.41) is 0.637. The number of carbonyl (C=O) groups is 2. The lowest BCUT2D eigenvalue weighted by molar-refractivity contribution is -0.136. The van der Waals surface area contributed by atoms with Crippen LogP contribution in [0.4, 0.5) is 10.5 Å². The van der Waals surface area contributed by atoms with Gasteiger partial charge in [0.2, 0.25) is 5.96 Å². The Bertz CT molecular complexity index is 941. The van der Waals surface area contributed by atoms with Crippen molar-refractivity contribution in [3.8, 4) is 0 Å². The Balaban J connectivity index is 1.81. The number of aliphatic imine (C=N–C) groups is 1. The Morgan fingerprint density at radius 1 is 1.14 bits per heavy atom. The van der Waals surface area contributed by atoms with E-state index in [1.807, 2.05) is 55.7 Å². The number of anilines is 1. The maximum absolute atomic E-state index is 13.2. The van der Waals surface area contributed by atoms with Gasteiger partial charge in [0.1, 0.15) is 0 Å². The minimum Gasteiger partial charge on any atom is -0.302 e. The first-order valence-corrected chi connectivity index (χ1v) is 9.84. The fourth-order valence-electron chi connectivity index (χ4n) is 4.15. The lowest BCUT2D eigenvalue weighted by Gasteiger charge is -2.40. The summed E-state index contributed by atoms with van der Waals surface area (Å²) in [7, 11) is 1.71. The van der Waals surface area contributed by atoms with Gasteiger partial charge in [0, 0.05) is 30.0 Å². The molecule has 0 saturated carbocycles. The van der Waals surface area contributed by atoms with Crippen molar-refractivity contribution in [3.05, 3.63) is 40.2 Å². The first kappa shape index (κ1) is 18.8. The second-order valence-electron chi connectivity index (χ2n) is 7.48. The predicted octanol–water partition coefficient (Wildman–Crippen LogP) is 3.39. The molecular formula is C20H24ClN5O2. The van der Waals surface area contributed by atoms with Crippen molar-refractivity contribution in [1.82, 2.24) is 14.7 Å². The summed E-state index contributed by atoms with van der Waals surface area (Å²) in [6, 6.07) is 4.90. The molecule has 1 saturated heterocycles. The number of aryl methyl sites for hydroxylation is 1. The van der Waals surface area contributed by atoms with Crippen molar-refractivity contribution in [2.24, 2.45) is 4.99 Å². The molecule has 3 heterocycles. The number of fused-ring (bicyclic) bond motifs is 3. The number of nitrogens with zero attached hydrogens (tertiary/aromatic N) is 5. The van der Waals surface area contributed by atoms with Crippen LogP contribution < -0.4 is 4.90 Å². The van der Waals surface area contributed by atoms with E-state index in [9.17, 15) is 9.59 Å². The highest BCUT2D eigenvalue weighted by Gasteiger charge is 2.55. The summed E-state index contributed by atoms with van der Waals surface area (Å²) in [6.07, 6.45) is 0.186. The number of imide groups is 1. The number of hydrogen-bond acceptors (Lipinski definition) is 5. The van der Waals surface area contributed by atoms with Gasteiger partial charge in [-0.15, -0.1) is 0 Å². The van der Waals surface area contributed by atoms with Gasteiger partial charge in [-0.3, -0.25) is 19.5 Å². The number of rotatable bonds is 3. The van der Waals surface area contributed by atoms with Crippen molar-refractivity contribution >= 4 is 35.2 Å². The Morgan fingerprint density at radius 2 is 1.86 bits per heavy atom. The Kier molecular flexibility index (Phi) is 4.38. The van der Waals surface area contributed by atoms with Gasteiger partial charge in [0.25, 0.3) is 5.91 Å². The average molecular weight is 402 g/mol. The van der Waals surface area contributed by atoms with E-state index < -0.39 is 12.2 Å². The van der Waals surface area contributed by atoms with Crippen LogP contribution in [-0.2, 0) is 4.79 Å². The number of carbonyl (C=O) groups excluding carboxylic acids is 2. The van der Waals surface area contributed by atoms with Crippen LogP contribution in [0.5, 0.6) is 0 Å². The third-order valence-electron chi connectivity index (χ3n) is 5.75. The molecule has 1 fully saturated rings. The first-order valence-electron chi connectivity index (χ1n) is 9.46. The molecule has 1 aromatic rings. The van der Waals surface area contributed by atoms with Crippen LogP contribution in [0.25, 0.3) is 0 Å². The summed E-state index contributed by atoms with van der Waals surface area (Å²) >= 11 is 6.25. The summed E-state index contributed by atoms with van der Waals surface area (Å²) in [5.41, 5.74) is 3.94. The van der Waals surface area contributed by atoms with Gasteiger partial charge in [-0.2, -0.15) is 0 Å². The topological polar surface area (TPSA) is 59.5 Å². The number of likely N-dealkylation sites (N-methyl/N-ethyl adjacent to an activating group) is 1. The third-order valence-corrected chi connectivity index (χ3v) is 5.99. The highest BCUT2D eigenvalue weighted by atomic mass is 35.5. The van der Waals surface area contributed by atoms with Gasteiger partial charge in [-0.05, 0) is 44.9 Å². The number of guanidine groups is 1. The molecular weight excluding hydrogens is 378 g/mol. The molecule has 0 aromatic heterocycles. The van der Waals surface area contributed by atoms with Gasteiger partial charge >= 0.3 is 6.03 Å². The summed E-state index contributed by atoms with van der Waals surface area (Å²) in [4.78, 5) is 37.6.